The van der Waals surface area contributed by atoms with Gasteiger partial charge in [0.25, 0.3) is 5.91 Å². The molecule has 1 saturated carbocycles. The van der Waals surface area contributed by atoms with Crippen molar-refractivity contribution in [2.24, 2.45) is 0 Å². The Morgan fingerprint density at radius 3 is 2.69 bits per heavy atom. The topological polar surface area (TPSA) is 65.4 Å². The molecule has 0 spiro atoms. The third-order valence-corrected chi connectivity index (χ3v) is 2.69. The van der Waals surface area contributed by atoms with E-state index in [2.05, 4.69) is 5.32 Å². The average Bonchev–Trinajstić information content (AvgIpc) is 3.15. The van der Waals surface area contributed by atoms with E-state index in [1.54, 1.807) is 11.1 Å². The van der Waals surface area contributed by atoms with Gasteiger partial charge in [-0.25, -0.2) is 0 Å². The van der Waals surface area contributed by atoms with Crippen molar-refractivity contribution in [3.05, 3.63) is 11.8 Å². The maximum Gasteiger partial charge on any atom is 0.266 e. The van der Waals surface area contributed by atoms with Crippen molar-refractivity contribution >= 4 is 5.91 Å². The third kappa shape index (κ3) is 2.74. The number of nitrogens with one attached hydrogen (secondary N) is 1. The molecule has 1 saturated heterocycles. The van der Waals surface area contributed by atoms with Crippen LogP contribution < -0.4 is 5.32 Å². The summed E-state index contributed by atoms with van der Waals surface area (Å²) in [5, 5.41) is 12.0. The van der Waals surface area contributed by atoms with E-state index in [9.17, 15) is 4.79 Å². The fourth-order valence-electron chi connectivity index (χ4n) is 1.53. The molecule has 1 aliphatic carbocycles. The quantitative estimate of drug-likeness (QED) is 0.538. The van der Waals surface area contributed by atoms with Gasteiger partial charge in [0.05, 0.1) is 13.2 Å². The van der Waals surface area contributed by atoms with Crippen LogP contribution in [0.1, 0.15) is 12.8 Å². The van der Waals surface area contributed by atoms with Gasteiger partial charge >= 0.3 is 0 Å². The number of hydrogen-bond donors (Lipinski definition) is 1. The van der Waals surface area contributed by atoms with Crippen molar-refractivity contribution in [3.8, 4) is 6.07 Å². The minimum atomic E-state index is -0.195. The van der Waals surface area contributed by atoms with E-state index in [1.165, 1.54) is 0 Å². The summed E-state index contributed by atoms with van der Waals surface area (Å²) in [7, 11) is 0. The summed E-state index contributed by atoms with van der Waals surface area (Å²) >= 11 is 0. The molecular formula is C11H15N3O2. The number of ether oxygens (including phenoxy) is 1. The van der Waals surface area contributed by atoms with Gasteiger partial charge in [0.15, 0.2) is 0 Å². The van der Waals surface area contributed by atoms with Crippen molar-refractivity contribution in [1.82, 2.24) is 10.2 Å². The zero-order chi connectivity index (χ0) is 11.4. The highest BCUT2D eigenvalue weighted by molar-refractivity contribution is 5.97. The number of hydrogen-bond acceptors (Lipinski definition) is 4. The second-order valence-corrected chi connectivity index (χ2v) is 4.02. The first kappa shape index (κ1) is 11.0. The van der Waals surface area contributed by atoms with E-state index in [-0.39, 0.29) is 11.5 Å². The highest BCUT2D eigenvalue weighted by Gasteiger charge is 2.23. The molecule has 0 atom stereocenters. The van der Waals surface area contributed by atoms with Crippen LogP contribution in [0, 0.1) is 11.3 Å². The predicted molar refractivity (Wildman–Crippen MR) is 57.3 cm³/mol. The van der Waals surface area contributed by atoms with E-state index < -0.39 is 0 Å². The predicted octanol–water partition coefficient (Wildman–Crippen LogP) is 0.00468. The van der Waals surface area contributed by atoms with Gasteiger partial charge in [-0.05, 0) is 12.8 Å². The number of amides is 1. The van der Waals surface area contributed by atoms with E-state index in [1.807, 2.05) is 6.07 Å². The Balaban J connectivity index is 1.93. The Morgan fingerprint density at radius 1 is 1.44 bits per heavy atom. The molecule has 0 aromatic heterocycles. The molecule has 1 amide bonds. The molecular weight excluding hydrogens is 206 g/mol. The fraction of sp³-hybridized carbons (Fsp3) is 0.636. The molecule has 0 radical (unpaired) electrons. The average molecular weight is 221 g/mol. The number of carbonyl (C=O) groups excluding carboxylic acids is 1. The van der Waals surface area contributed by atoms with Crippen LogP contribution >= 0.6 is 0 Å². The standard InChI is InChI=1S/C11H15N3O2/c12-7-9(8-13-10-1-2-10)11(15)14-3-5-16-6-4-14/h8,10,13H,1-6H2/b9-8-. The molecule has 16 heavy (non-hydrogen) atoms. The maximum atomic E-state index is 11.9. The number of rotatable bonds is 3. The van der Waals surface area contributed by atoms with Crippen LogP contribution in [0.5, 0.6) is 0 Å². The van der Waals surface area contributed by atoms with E-state index >= 15 is 0 Å². The second kappa shape index (κ2) is 4.99. The molecule has 1 heterocycles. The van der Waals surface area contributed by atoms with Crippen molar-refractivity contribution in [3.63, 3.8) is 0 Å². The molecule has 2 rings (SSSR count). The summed E-state index contributed by atoms with van der Waals surface area (Å²) in [6.07, 6.45) is 3.80. The summed E-state index contributed by atoms with van der Waals surface area (Å²) in [5.41, 5.74) is 0.189. The molecule has 1 aliphatic heterocycles. The smallest absolute Gasteiger partial charge is 0.266 e. The lowest BCUT2D eigenvalue weighted by atomic mass is 10.2. The van der Waals surface area contributed by atoms with Crippen molar-refractivity contribution in [2.45, 2.75) is 18.9 Å². The second-order valence-electron chi connectivity index (χ2n) is 4.02. The van der Waals surface area contributed by atoms with Crippen LogP contribution in [0.25, 0.3) is 0 Å². The molecule has 2 aliphatic rings. The fourth-order valence-corrected chi connectivity index (χ4v) is 1.53. The first-order valence-corrected chi connectivity index (χ1v) is 5.54. The maximum absolute atomic E-state index is 11.9. The summed E-state index contributed by atoms with van der Waals surface area (Å²) < 4.78 is 5.16. The molecule has 0 aromatic rings. The van der Waals surface area contributed by atoms with Crippen LogP contribution in [-0.2, 0) is 9.53 Å². The molecule has 2 fully saturated rings. The van der Waals surface area contributed by atoms with Crippen LogP contribution in [0.4, 0.5) is 0 Å². The molecule has 5 nitrogen and oxygen atoms in total. The number of morpholine rings is 1. The van der Waals surface area contributed by atoms with Crippen molar-refractivity contribution < 1.29 is 9.53 Å². The molecule has 0 bridgehead atoms. The monoisotopic (exact) mass is 221 g/mol. The number of nitriles is 1. The Bertz CT molecular complexity index is 336. The molecule has 5 heteroatoms. The van der Waals surface area contributed by atoms with Gasteiger partial charge in [0, 0.05) is 25.3 Å². The lowest BCUT2D eigenvalue weighted by Crippen LogP contribution is -2.41. The van der Waals surface area contributed by atoms with Crippen LogP contribution in [0.2, 0.25) is 0 Å². The van der Waals surface area contributed by atoms with Crippen LogP contribution in [0.15, 0.2) is 11.8 Å². The minimum Gasteiger partial charge on any atom is -0.387 e. The molecule has 86 valence electrons. The molecule has 1 N–H and O–H groups in total. The van der Waals surface area contributed by atoms with Gasteiger partial charge in [0.1, 0.15) is 11.6 Å². The van der Waals surface area contributed by atoms with Crippen LogP contribution in [0.3, 0.4) is 0 Å². The minimum absolute atomic E-state index is 0.189. The largest absolute Gasteiger partial charge is 0.387 e. The third-order valence-electron chi connectivity index (χ3n) is 2.69. The van der Waals surface area contributed by atoms with Crippen LogP contribution in [-0.4, -0.2) is 43.2 Å². The first-order chi connectivity index (χ1) is 7.81. The summed E-state index contributed by atoms with van der Waals surface area (Å²) in [6, 6.07) is 2.41. The highest BCUT2D eigenvalue weighted by atomic mass is 16.5. The van der Waals surface area contributed by atoms with Crippen molar-refractivity contribution in [2.75, 3.05) is 26.3 Å². The Hall–Kier alpha value is -1.54. The highest BCUT2D eigenvalue weighted by Crippen LogP contribution is 2.18. The van der Waals surface area contributed by atoms with E-state index in [4.69, 9.17) is 10.00 Å². The van der Waals surface area contributed by atoms with Gasteiger partial charge in [-0.3, -0.25) is 4.79 Å². The Labute approximate surface area is 94.7 Å². The lowest BCUT2D eigenvalue weighted by Gasteiger charge is -2.26. The van der Waals surface area contributed by atoms with Gasteiger partial charge in [-0.1, -0.05) is 0 Å². The SMILES string of the molecule is N#C/C(=C/NC1CC1)C(=O)N1CCOCC1. The van der Waals surface area contributed by atoms with Gasteiger partial charge in [-0.15, -0.1) is 0 Å². The summed E-state index contributed by atoms with van der Waals surface area (Å²) in [6.45, 7) is 2.25. The first-order valence-electron chi connectivity index (χ1n) is 5.54. The van der Waals surface area contributed by atoms with Gasteiger partial charge in [-0.2, -0.15) is 5.26 Å². The van der Waals surface area contributed by atoms with E-state index in [0.29, 0.717) is 32.3 Å². The van der Waals surface area contributed by atoms with Gasteiger partial charge < -0.3 is 15.0 Å². The zero-order valence-electron chi connectivity index (χ0n) is 9.11. The molecule has 0 aromatic carbocycles. The Kier molecular flexibility index (Phi) is 3.42. The normalized spacial score (nSPS) is 21.4. The number of nitrogens with zero attached hydrogens (tertiary/aromatic N) is 2. The summed E-state index contributed by atoms with van der Waals surface area (Å²) in [4.78, 5) is 13.6. The van der Waals surface area contributed by atoms with E-state index in [0.717, 1.165) is 12.8 Å². The Morgan fingerprint density at radius 2 is 2.12 bits per heavy atom. The van der Waals surface area contributed by atoms with Crippen molar-refractivity contribution in [1.29, 1.82) is 5.26 Å². The molecule has 0 unspecified atom stereocenters. The summed E-state index contributed by atoms with van der Waals surface area (Å²) in [5.74, 6) is -0.195. The lowest BCUT2D eigenvalue weighted by molar-refractivity contribution is -0.130. The van der Waals surface area contributed by atoms with Gasteiger partial charge in [0.2, 0.25) is 0 Å². The number of carbonyl (C=O) groups is 1. The zero-order valence-corrected chi connectivity index (χ0v) is 9.11.